The van der Waals surface area contributed by atoms with Gasteiger partial charge in [0.25, 0.3) is 5.91 Å². The van der Waals surface area contributed by atoms with E-state index in [2.05, 4.69) is 20.8 Å². The normalized spacial score (nSPS) is 11.8. The highest BCUT2D eigenvalue weighted by molar-refractivity contribution is 7.13. The molecule has 2 amide bonds. The number of hydrogen-bond acceptors (Lipinski definition) is 6. The number of para-hydroxylation sites is 1. The van der Waals surface area contributed by atoms with Gasteiger partial charge in [-0.3, -0.25) is 9.59 Å². The first-order chi connectivity index (χ1) is 14.0. The first-order valence-electron chi connectivity index (χ1n) is 9.52. The Hall–Kier alpha value is -3.00. The van der Waals surface area contributed by atoms with Crippen molar-refractivity contribution in [3.8, 4) is 0 Å². The molecule has 1 aromatic carbocycles. The Labute approximate surface area is 173 Å². The molecule has 7 nitrogen and oxygen atoms in total. The van der Waals surface area contributed by atoms with Crippen LogP contribution < -0.4 is 10.6 Å². The summed E-state index contributed by atoms with van der Waals surface area (Å²) < 4.78 is 5.29. The summed E-state index contributed by atoms with van der Waals surface area (Å²) in [6.45, 7) is 3.88. The molecule has 0 unspecified atom stereocenters. The van der Waals surface area contributed by atoms with Crippen LogP contribution in [0.5, 0.6) is 0 Å². The van der Waals surface area contributed by atoms with Crippen LogP contribution in [0.4, 0.5) is 5.69 Å². The number of benzene rings is 1. The fourth-order valence-electron chi connectivity index (χ4n) is 2.86. The van der Waals surface area contributed by atoms with Crippen molar-refractivity contribution in [2.45, 2.75) is 45.6 Å². The van der Waals surface area contributed by atoms with E-state index in [0.29, 0.717) is 30.7 Å². The van der Waals surface area contributed by atoms with Gasteiger partial charge in [-0.2, -0.15) is 0 Å². The Morgan fingerprint density at radius 2 is 2.00 bits per heavy atom. The maximum Gasteiger partial charge on any atom is 0.286 e. The SMILES string of the molecule is Cc1ccccc1NC(=O)c1nnc(CCCC(=O)N[C@@H](C)Cc2ccco2)s1. The number of hydrogen-bond donors (Lipinski definition) is 2. The van der Waals surface area contributed by atoms with Crippen LogP contribution >= 0.6 is 11.3 Å². The zero-order valence-corrected chi connectivity index (χ0v) is 17.3. The molecule has 0 saturated heterocycles. The average molecular weight is 413 g/mol. The van der Waals surface area contributed by atoms with Crippen LogP contribution in [0.1, 0.15) is 45.9 Å². The van der Waals surface area contributed by atoms with Gasteiger partial charge in [0.05, 0.1) is 6.26 Å². The number of furan rings is 1. The predicted molar refractivity (Wildman–Crippen MR) is 112 cm³/mol. The van der Waals surface area contributed by atoms with Gasteiger partial charge in [-0.25, -0.2) is 0 Å². The summed E-state index contributed by atoms with van der Waals surface area (Å²) in [5.74, 6) is 0.571. The topological polar surface area (TPSA) is 97.1 Å². The molecule has 0 spiro atoms. The van der Waals surface area contributed by atoms with Gasteiger partial charge in [-0.1, -0.05) is 29.5 Å². The van der Waals surface area contributed by atoms with Crippen LogP contribution in [0.2, 0.25) is 0 Å². The van der Waals surface area contributed by atoms with Crippen molar-refractivity contribution in [3.05, 3.63) is 64.0 Å². The molecule has 0 radical (unpaired) electrons. The molecular formula is C21H24N4O3S. The monoisotopic (exact) mass is 412 g/mol. The average Bonchev–Trinajstić information content (AvgIpc) is 3.35. The second kappa shape index (κ2) is 9.97. The van der Waals surface area contributed by atoms with Crippen LogP contribution in [0, 0.1) is 6.92 Å². The number of aromatic nitrogens is 2. The third kappa shape index (κ3) is 6.25. The fourth-order valence-corrected chi connectivity index (χ4v) is 3.64. The molecular weight excluding hydrogens is 388 g/mol. The zero-order valence-electron chi connectivity index (χ0n) is 16.5. The Bertz CT molecular complexity index is 953. The molecule has 29 heavy (non-hydrogen) atoms. The summed E-state index contributed by atoms with van der Waals surface area (Å²) in [5, 5.41) is 14.9. The van der Waals surface area contributed by atoms with Crippen molar-refractivity contribution >= 4 is 28.8 Å². The quantitative estimate of drug-likeness (QED) is 0.558. The Balaban J connectivity index is 1.41. The van der Waals surface area contributed by atoms with E-state index < -0.39 is 0 Å². The van der Waals surface area contributed by atoms with E-state index in [0.717, 1.165) is 22.0 Å². The number of aryl methyl sites for hydroxylation is 2. The van der Waals surface area contributed by atoms with Crippen molar-refractivity contribution in [1.29, 1.82) is 0 Å². The summed E-state index contributed by atoms with van der Waals surface area (Å²) >= 11 is 1.26. The number of nitrogens with one attached hydrogen (secondary N) is 2. The Morgan fingerprint density at radius 3 is 2.76 bits per heavy atom. The summed E-state index contributed by atoms with van der Waals surface area (Å²) in [6.07, 6.45) is 3.94. The van der Waals surface area contributed by atoms with Gasteiger partial charge in [0.15, 0.2) is 0 Å². The number of nitrogens with zero attached hydrogens (tertiary/aromatic N) is 2. The lowest BCUT2D eigenvalue weighted by Gasteiger charge is -2.12. The Morgan fingerprint density at radius 1 is 1.17 bits per heavy atom. The first-order valence-corrected chi connectivity index (χ1v) is 10.3. The summed E-state index contributed by atoms with van der Waals surface area (Å²) in [4.78, 5) is 24.4. The van der Waals surface area contributed by atoms with Crippen LogP contribution in [-0.4, -0.2) is 28.1 Å². The molecule has 0 aliphatic rings. The molecule has 2 heterocycles. The molecule has 3 aromatic rings. The van der Waals surface area contributed by atoms with Crippen molar-refractivity contribution < 1.29 is 14.0 Å². The molecule has 0 saturated carbocycles. The summed E-state index contributed by atoms with van der Waals surface area (Å²) in [7, 11) is 0. The van der Waals surface area contributed by atoms with Crippen molar-refractivity contribution in [2.24, 2.45) is 0 Å². The molecule has 2 N–H and O–H groups in total. The fraction of sp³-hybridized carbons (Fsp3) is 0.333. The minimum Gasteiger partial charge on any atom is -0.469 e. The molecule has 0 bridgehead atoms. The van der Waals surface area contributed by atoms with Crippen molar-refractivity contribution in [3.63, 3.8) is 0 Å². The zero-order chi connectivity index (χ0) is 20.6. The highest BCUT2D eigenvalue weighted by Crippen LogP contribution is 2.17. The third-order valence-electron chi connectivity index (χ3n) is 4.34. The molecule has 0 aliphatic heterocycles. The first kappa shape index (κ1) is 20.7. The standard InChI is InChI=1S/C21H24N4O3S/c1-14-7-3-4-9-17(14)23-20(27)21-25-24-19(29-21)11-5-10-18(26)22-15(2)13-16-8-6-12-28-16/h3-4,6-9,12,15H,5,10-11,13H2,1-2H3,(H,22,26)(H,23,27)/t15-/m0/s1. The van der Waals surface area contributed by atoms with Crippen LogP contribution in [0.15, 0.2) is 47.1 Å². The second-order valence-electron chi connectivity index (χ2n) is 6.88. The molecule has 152 valence electrons. The minimum atomic E-state index is -0.271. The number of carbonyl (C=O) groups is 2. The molecule has 2 aromatic heterocycles. The predicted octanol–water partition coefficient (Wildman–Crippen LogP) is 3.76. The largest absolute Gasteiger partial charge is 0.469 e. The van der Waals surface area contributed by atoms with Gasteiger partial charge in [-0.05, 0) is 44.0 Å². The number of rotatable bonds is 9. The van der Waals surface area contributed by atoms with Gasteiger partial charge in [0, 0.05) is 31.0 Å². The van der Waals surface area contributed by atoms with E-state index >= 15 is 0 Å². The van der Waals surface area contributed by atoms with Gasteiger partial charge < -0.3 is 15.1 Å². The van der Waals surface area contributed by atoms with Gasteiger partial charge in [0.2, 0.25) is 10.9 Å². The van der Waals surface area contributed by atoms with Gasteiger partial charge in [0.1, 0.15) is 10.8 Å². The molecule has 1 atom stereocenters. The van der Waals surface area contributed by atoms with Crippen molar-refractivity contribution in [2.75, 3.05) is 5.32 Å². The maximum absolute atomic E-state index is 12.3. The van der Waals surface area contributed by atoms with E-state index in [1.54, 1.807) is 6.26 Å². The van der Waals surface area contributed by atoms with E-state index in [4.69, 9.17) is 4.42 Å². The van der Waals surface area contributed by atoms with Crippen LogP contribution in [0.3, 0.4) is 0 Å². The maximum atomic E-state index is 12.3. The van der Waals surface area contributed by atoms with Gasteiger partial charge in [-0.15, -0.1) is 10.2 Å². The van der Waals surface area contributed by atoms with Crippen LogP contribution in [-0.2, 0) is 17.6 Å². The Kier molecular flexibility index (Phi) is 7.13. The smallest absolute Gasteiger partial charge is 0.286 e. The lowest BCUT2D eigenvalue weighted by Crippen LogP contribution is -2.33. The number of anilines is 1. The minimum absolute atomic E-state index is 0.00641. The number of carbonyl (C=O) groups excluding carboxylic acids is 2. The van der Waals surface area contributed by atoms with Crippen molar-refractivity contribution in [1.82, 2.24) is 15.5 Å². The highest BCUT2D eigenvalue weighted by Gasteiger charge is 2.15. The van der Waals surface area contributed by atoms with Crippen LogP contribution in [0.25, 0.3) is 0 Å². The third-order valence-corrected chi connectivity index (χ3v) is 5.33. The summed E-state index contributed by atoms with van der Waals surface area (Å²) in [6, 6.07) is 11.3. The lowest BCUT2D eigenvalue weighted by atomic mass is 10.1. The molecule has 0 aliphatic carbocycles. The molecule has 8 heteroatoms. The number of amides is 2. The lowest BCUT2D eigenvalue weighted by molar-refractivity contribution is -0.121. The molecule has 0 fully saturated rings. The van der Waals surface area contributed by atoms with E-state index in [9.17, 15) is 9.59 Å². The van der Waals surface area contributed by atoms with E-state index in [-0.39, 0.29) is 17.9 Å². The summed E-state index contributed by atoms with van der Waals surface area (Å²) in [5.41, 5.74) is 1.74. The second-order valence-corrected chi connectivity index (χ2v) is 7.94. The highest BCUT2D eigenvalue weighted by atomic mass is 32.1. The van der Waals surface area contributed by atoms with Gasteiger partial charge >= 0.3 is 0 Å². The van der Waals surface area contributed by atoms with E-state index in [1.807, 2.05) is 50.2 Å². The van der Waals surface area contributed by atoms with E-state index in [1.165, 1.54) is 11.3 Å². The molecule has 3 rings (SSSR count).